The molecule has 18 heavy (non-hydrogen) atoms. The van der Waals surface area contributed by atoms with E-state index in [-0.39, 0.29) is 15.6 Å². The summed E-state index contributed by atoms with van der Waals surface area (Å²) in [6.45, 7) is 5.53. The van der Waals surface area contributed by atoms with Crippen LogP contribution in [0.3, 0.4) is 0 Å². The molecular formula is C11H16BrClN2O2S. The van der Waals surface area contributed by atoms with E-state index in [0.29, 0.717) is 10.9 Å². The minimum absolute atomic E-state index is 0.0500. The average Bonchev–Trinajstić information content (AvgIpc) is 2.21. The zero-order valence-corrected chi connectivity index (χ0v) is 13.6. The molecule has 1 aromatic rings. The molecule has 0 aliphatic carbocycles. The van der Waals surface area contributed by atoms with Crippen LogP contribution in [0.1, 0.15) is 27.2 Å². The lowest BCUT2D eigenvalue weighted by Gasteiger charge is -2.24. The van der Waals surface area contributed by atoms with Crippen molar-refractivity contribution >= 4 is 43.2 Å². The van der Waals surface area contributed by atoms with Crippen LogP contribution in [-0.4, -0.2) is 14.0 Å². The molecule has 0 heterocycles. The zero-order chi connectivity index (χ0) is 14.1. The Labute approximate surface area is 121 Å². The third-order valence-electron chi connectivity index (χ3n) is 2.62. The lowest BCUT2D eigenvalue weighted by atomic mass is 10.0. The standard InChI is InChI=1S/C11H16BrClN2O2S/c1-4-11(2,3)15-18(16,17)9-6-7(13)5-8(14)10(9)12/h5-6,15H,4,14H2,1-3H3. The van der Waals surface area contributed by atoms with Crippen molar-refractivity contribution in [2.75, 3.05) is 5.73 Å². The van der Waals surface area contributed by atoms with Crippen LogP contribution in [-0.2, 0) is 10.0 Å². The van der Waals surface area contributed by atoms with Crippen LogP contribution < -0.4 is 10.5 Å². The quantitative estimate of drug-likeness (QED) is 0.815. The van der Waals surface area contributed by atoms with Gasteiger partial charge in [0.2, 0.25) is 10.0 Å². The van der Waals surface area contributed by atoms with Gasteiger partial charge in [0.15, 0.2) is 0 Å². The predicted molar refractivity (Wildman–Crippen MR) is 78.3 cm³/mol. The van der Waals surface area contributed by atoms with Crippen molar-refractivity contribution in [2.45, 2.75) is 37.6 Å². The van der Waals surface area contributed by atoms with Crippen molar-refractivity contribution in [3.8, 4) is 0 Å². The van der Waals surface area contributed by atoms with Crippen molar-refractivity contribution in [1.82, 2.24) is 4.72 Å². The summed E-state index contributed by atoms with van der Waals surface area (Å²) in [5.41, 5.74) is 5.45. The topological polar surface area (TPSA) is 72.2 Å². The van der Waals surface area contributed by atoms with Crippen LogP contribution >= 0.6 is 27.5 Å². The van der Waals surface area contributed by atoms with Gasteiger partial charge in [-0.15, -0.1) is 0 Å². The van der Waals surface area contributed by atoms with Gasteiger partial charge in [-0.05, 0) is 48.3 Å². The molecule has 102 valence electrons. The number of anilines is 1. The average molecular weight is 356 g/mol. The van der Waals surface area contributed by atoms with Gasteiger partial charge in [-0.25, -0.2) is 13.1 Å². The highest BCUT2D eigenvalue weighted by Gasteiger charge is 2.27. The van der Waals surface area contributed by atoms with Gasteiger partial charge in [0.05, 0.1) is 9.37 Å². The summed E-state index contributed by atoms with van der Waals surface area (Å²) in [7, 11) is -3.67. The highest BCUT2D eigenvalue weighted by atomic mass is 79.9. The molecule has 0 saturated heterocycles. The normalized spacial score (nSPS) is 12.7. The zero-order valence-electron chi connectivity index (χ0n) is 10.4. The van der Waals surface area contributed by atoms with Crippen molar-refractivity contribution < 1.29 is 8.42 Å². The summed E-state index contributed by atoms with van der Waals surface area (Å²) in [4.78, 5) is 0.0500. The number of rotatable bonds is 4. The fourth-order valence-corrected chi connectivity index (χ4v) is 4.05. The monoisotopic (exact) mass is 354 g/mol. The van der Waals surface area contributed by atoms with Crippen molar-refractivity contribution in [2.24, 2.45) is 0 Å². The summed E-state index contributed by atoms with van der Waals surface area (Å²) in [5, 5.41) is 0.283. The highest BCUT2D eigenvalue weighted by Crippen LogP contribution is 2.32. The molecule has 0 amide bonds. The number of nitrogen functional groups attached to an aromatic ring is 1. The minimum Gasteiger partial charge on any atom is -0.398 e. The molecule has 0 fully saturated rings. The van der Waals surface area contributed by atoms with Crippen LogP contribution in [0.2, 0.25) is 5.02 Å². The Morgan fingerprint density at radius 3 is 2.50 bits per heavy atom. The number of hydrogen-bond donors (Lipinski definition) is 2. The summed E-state index contributed by atoms with van der Waals surface area (Å²) in [5.74, 6) is 0. The molecule has 7 heteroatoms. The second-order valence-electron chi connectivity index (χ2n) is 4.65. The number of halogens is 2. The van der Waals surface area contributed by atoms with Crippen LogP contribution in [0.25, 0.3) is 0 Å². The molecule has 0 aliphatic heterocycles. The number of sulfonamides is 1. The number of benzene rings is 1. The van der Waals surface area contributed by atoms with Gasteiger partial charge in [0.25, 0.3) is 0 Å². The first-order chi connectivity index (χ1) is 8.09. The lowest BCUT2D eigenvalue weighted by molar-refractivity contribution is 0.439. The Balaban J connectivity index is 3.30. The molecule has 0 saturated carbocycles. The van der Waals surface area contributed by atoms with E-state index in [2.05, 4.69) is 20.7 Å². The van der Waals surface area contributed by atoms with Gasteiger partial charge in [-0.3, -0.25) is 0 Å². The van der Waals surface area contributed by atoms with E-state index in [1.165, 1.54) is 12.1 Å². The Morgan fingerprint density at radius 1 is 1.44 bits per heavy atom. The molecule has 0 aliphatic rings. The first kappa shape index (κ1) is 15.8. The van der Waals surface area contributed by atoms with Gasteiger partial charge in [-0.2, -0.15) is 0 Å². The Morgan fingerprint density at radius 2 is 2.00 bits per heavy atom. The Bertz CT molecular complexity index is 558. The van der Waals surface area contributed by atoms with E-state index in [0.717, 1.165) is 0 Å². The van der Waals surface area contributed by atoms with Gasteiger partial charge >= 0.3 is 0 Å². The predicted octanol–water partition coefficient (Wildman–Crippen LogP) is 3.15. The van der Waals surface area contributed by atoms with Crippen LogP contribution in [0, 0.1) is 0 Å². The molecule has 0 unspecified atom stereocenters. The minimum atomic E-state index is -3.67. The summed E-state index contributed by atoms with van der Waals surface area (Å²) in [6.07, 6.45) is 0.667. The van der Waals surface area contributed by atoms with E-state index in [9.17, 15) is 8.42 Å². The molecule has 4 nitrogen and oxygen atoms in total. The van der Waals surface area contributed by atoms with Crippen molar-refractivity contribution in [3.63, 3.8) is 0 Å². The third-order valence-corrected chi connectivity index (χ3v) is 5.70. The molecule has 0 bridgehead atoms. The fraction of sp³-hybridized carbons (Fsp3) is 0.455. The SMILES string of the molecule is CCC(C)(C)NS(=O)(=O)c1cc(Cl)cc(N)c1Br. The van der Waals surface area contributed by atoms with Gasteiger partial charge < -0.3 is 5.73 Å². The van der Waals surface area contributed by atoms with E-state index < -0.39 is 15.6 Å². The maximum atomic E-state index is 12.3. The molecule has 0 atom stereocenters. The smallest absolute Gasteiger partial charge is 0.242 e. The molecule has 0 radical (unpaired) electrons. The number of nitrogens with one attached hydrogen (secondary N) is 1. The maximum Gasteiger partial charge on any atom is 0.242 e. The van der Waals surface area contributed by atoms with E-state index in [1.54, 1.807) is 0 Å². The van der Waals surface area contributed by atoms with Crippen LogP contribution in [0.4, 0.5) is 5.69 Å². The highest BCUT2D eigenvalue weighted by molar-refractivity contribution is 9.10. The lowest BCUT2D eigenvalue weighted by Crippen LogP contribution is -2.42. The first-order valence-electron chi connectivity index (χ1n) is 5.37. The van der Waals surface area contributed by atoms with Gasteiger partial charge in [-0.1, -0.05) is 18.5 Å². The number of nitrogens with two attached hydrogens (primary N) is 1. The maximum absolute atomic E-state index is 12.3. The van der Waals surface area contributed by atoms with E-state index >= 15 is 0 Å². The van der Waals surface area contributed by atoms with E-state index in [4.69, 9.17) is 17.3 Å². The van der Waals surface area contributed by atoms with Gasteiger partial charge in [0.1, 0.15) is 0 Å². The third kappa shape index (κ3) is 3.60. The van der Waals surface area contributed by atoms with Crippen molar-refractivity contribution in [3.05, 3.63) is 21.6 Å². The molecular weight excluding hydrogens is 340 g/mol. The Hall–Kier alpha value is -0.300. The summed E-state index contributed by atoms with van der Waals surface area (Å²) < 4.78 is 27.5. The summed E-state index contributed by atoms with van der Waals surface area (Å²) in [6, 6.07) is 2.87. The van der Waals surface area contributed by atoms with E-state index in [1.807, 2.05) is 20.8 Å². The fourth-order valence-electron chi connectivity index (χ4n) is 1.27. The first-order valence-corrected chi connectivity index (χ1v) is 8.03. The second kappa shape index (κ2) is 5.36. The number of hydrogen-bond acceptors (Lipinski definition) is 3. The molecule has 3 N–H and O–H groups in total. The summed E-state index contributed by atoms with van der Waals surface area (Å²) >= 11 is 9.02. The molecule has 1 aromatic carbocycles. The molecule has 1 rings (SSSR count). The largest absolute Gasteiger partial charge is 0.398 e. The van der Waals surface area contributed by atoms with Crippen LogP contribution in [0.5, 0.6) is 0 Å². The van der Waals surface area contributed by atoms with Crippen LogP contribution in [0.15, 0.2) is 21.5 Å². The van der Waals surface area contributed by atoms with Crippen molar-refractivity contribution in [1.29, 1.82) is 0 Å². The molecule has 0 spiro atoms. The van der Waals surface area contributed by atoms with Gasteiger partial charge in [0, 0.05) is 16.2 Å². The molecule has 0 aromatic heterocycles. The Kier molecular flexibility index (Phi) is 4.70. The second-order valence-corrected chi connectivity index (χ2v) is 7.53.